The van der Waals surface area contributed by atoms with Crippen molar-refractivity contribution >= 4 is 20.1 Å². The van der Waals surface area contributed by atoms with Crippen molar-refractivity contribution in [2.75, 3.05) is 0 Å². The zero-order valence-corrected chi connectivity index (χ0v) is 24.9. The molecule has 0 spiro atoms. The molecule has 0 N–H and O–H groups in total. The zero-order valence-electron chi connectivity index (χ0n) is 23.9. The maximum atomic E-state index is 13.8. The molecule has 0 heterocycles. The molecule has 34 heavy (non-hydrogen) atoms. The van der Waals surface area contributed by atoms with E-state index in [0.29, 0.717) is 6.42 Å². The summed E-state index contributed by atoms with van der Waals surface area (Å²) in [5, 5.41) is 0.0426. The first-order valence-corrected chi connectivity index (χ1v) is 15.6. The molecule has 0 saturated carbocycles. The van der Waals surface area contributed by atoms with Crippen LogP contribution in [0.2, 0.25) is 18.1 Å². The largest absolute Gasteiger partial charge is 0.457 e. The van der Waals surface area contributed by atoms with Gasteiger partial charge in [0.25, 0.3) is 0 Å². The van der Waals surface area contributed by atoms with E-state index in [1.54, 1.807) is 0 Å². The Morgan fingerprint density at radius 3 is 2.18 bits per heavy atom. The monoisotopic (exact) mass is 490 g/mol. The van der Waals surface area contributed by atoms with Gasteiger partial charge in [0.1, 0.15) is 11.9 Å². The third-order valence-corrected chi connectivity index (χ3v) is 12.7. The van der Waals surface area contributed by atoms with Gasteiger partial charge in [-0.2, -0.15) is 0 Å². The topological polar surface area (TPSA) is 52.6 Å². The van der Waals surface area contributed by atoms with Gasteiger partial charge in [0.05, 0.1) is 6.10 Å². The molecular formula is C29H50O4Si. The van der Waals surface area contributed by atoms with E-state index in [-0.39, 0.29) is 53.2 Å². The fraction of sp³-hybridized carbons (Fsp3) is 0.724. The Morgan fingerprint density at radius 1 is 1.15 bits per heavy atom. The van der Waals surface area contributed by atoms with Crippen LogP contribution in [0.15, 0.2) is 36.0 Å². The second-order valence-electron chi connectivity index (χ2n) is 12.5. The Bertz CT molecular complexity index is 812. The smallest absolute Gasteiger partial charge is 0.306 e. The molecule has 0 aromatic carbocycles. The summed E-state index contributed by atoms with van der Waals surface area (Å²) in [5.41, 5.74) is 1.57. The van der Waals surface area contributed by atoms with Crippen LogP contribution in [0, 0.1) is 23.2 Å². The molecule has 0 aliphatic heterocycles. The summed E-state index contributed by atoms with van der Waals surface area (Å²) in [6.45, 7) is 29.0. The molecule has 1 aliphatic rings. The summed E-state index contributed by atoms with van der Waals surface area (Å²) in [6, 6.07) is 0. The number of hydrogen-bond donors (Lipinski definition) is 0. The zero-order chi connectivity index (χ0) is 26.6. The maximum absolute atomic E-state index is 13.8. The molecule has 0 aromatic rings. The molecule has 1 aliphatic carbocycles. The SMILES string of the molecule is C=C[C@H](C)[C@H](O[Si](C)(C)C(C)(C)C)[C@@H](C)C(=O)C(C)(C)[C@@H](C)CC(=O)OC1CC=C(C)C=C1C. The molecular weight excluding hydrogens is 440 g/mol. The molecule has 0 radical (unpaired) electrons. The quantitative estimate of drug-likeness (QED) is 0.169. The van der Waals surface area contributed by atoms with Crippen molar-refractivity contribution in [1.29, 1.82) is 0 Å². The van der Waals surface area contributed by atoms with Gasteiger partial charge in [-0.05, 0) is 49.4 Å². The minimum atomic E-state index is -2.09. The summed E-state index contributed by atoms with van der Waals surface area (Å²) in [6.07, 6.45) is 6.50. The molecule has 0 amide bonds. The number of carbonyl (C=O) groups excluding carboxylic acids is 2. The van der Waals surface area contributed by atoms with E-state index < -0.39 is 13.7 Å². The Labute approximate surface area is 210 Å². The van der Waals surface area contributed by atoms with Crippen LogP contribution in [0.4, 0.5) is 0 Å². The van der Waals surface area contributed by atoms with Crippen LogP contribution in [0.3, 0.4) is 0 Å². The van der Waals surface area contributed by atoms with E-state index >= 15 is 0 Å². The molecule has 5 atom stereocenters. The Hall–Kier alpha value is -1.46. The van der Waals surface area contributed by atoms with Crippen molar-refractivity contribution in [1.82, 2.24) is 0 Å². The minimum absolute atomic E-state index is 0.0426. The summed E-state index contributed by atoms with van der Waals surface area (Å²) in [5.74, 6) is -0.556. The fourth-order valence-corrected chi connectivity index (χ4v) is 5.59. The fourth-order valence-electron chi connectivity index (χ4n) is 4.14. The highest BCUT2D eigenvalue weighted by Crippen LogP contribution is 2.41. The molecule has 1 rings (SSSR count). The van der Waals surface area contributed by atoms with Crippen LogP contribution < -0.4 is 0 Å². The standard InChI is InChI=1S/C29H50O4Si/c1-14-20(3)26(33-34(12,13)28(7,8)9)23(6)27(31)29(10,11)22(5)18-25(30)32-24-16-15-19(2)17-21(24)4/h14-15,17,20,22-24,26H,1,16,18H2,2-13H3/t20-,22-,23+,24?,26-/m0/s1. The number of ketones is 1. The lowest BCUT2D eigenvalue weighted by Crippen LogP contribution is -2.50. The molecule has 5 heteroatoms. The van der Waals surface area contributed by atoms with Crippen molar-refractivity contribution in [3.8, 4) is 0 Å². The van der Waals surface area contributed by atoms with Crippen molar-refractivity contribution in [2.45, 2.75) is 112 Å². The molecule has 194 valence electrons. The Kier molecular flexibility index (Phi) is 10.4. The lowest BCUT2D eigenvalue weighted by Gasteiger charge is -2.43. The van der Waals surface area contributed by atoms with E-state index in [2.05, 4.69) is 59.5 Å². The van der Waals surface area contributed by atoms with Crippen molar-refractivity contribution < 1.29 is 18.8 Å². The van der Waals surface area contributed by atoms with E-state index in [1.807, 2.05) is 47.6 Å². The molecule has 0 saturated heterocycles. The summed E-state index contributed by atoms with van der Waals surface area (Å²) in [7, 11) is -2.09. The number of esters is 1. The predicted molar refractivity (Wildman–Crippen MR) is 145 cm³/mol. The lowest BCUT2D eigenvalue weighted by atomic mass is 9.69. The van der Waals surface area contributed by atoms with Gasteiger partial charge < -0.3 is 9.16 Å². The van der Waals surface area contributed by atoms with Crippen LogP contribution >= 0.6 is 0 Å². The van der Waals surface area contributed by atoms with Crippen LogP contribution in [0.1, 0.15) is 82.1 Å². The van der Waals surface area contributed by atoms with Gasteiger partial charge >= 0.3 is 5.97 Å². The number of ether oxygens (including phenoxy) is 1. The highest BCUT2D eigenvalue weighted by molar-refractivity contribution is 6.74. The van der Waals surface area contributed by atoms with Crippen LogP contribution in [-0.4, -0.2) is 32.3 Å². The molecule has 1 unspecified atom stereocenters. The van der Waals surface area contributed by atoms with Crippen molar-refractivity contribution in [2.24, 2.45) is 23.2 Å². The van der Waals surface area contributed by atoms with Gasteiger partial charge in [-0.15, -0.1) is 6.58 Å². The number of Topliss-reactive ketones (excluding diaryl/α,β-unsaturated/α-hetero) is 1. The van der Waals surface area contributed by atoms with Crippen LogP contribution in [-0.2, 0) is 18.8 Å². The Morgan fingerprint density at radius 2 is 1.71 bits per heavy atom. The third-order valence-electron chi connectivity index (χ3n) is 8.26. The number of allylic oxidation sites excluding steroid dienone is 2. The average molecular weight is 491 g/mol. The predicted octanol–water partition coefficient (Wildman–Crippen LogP) is 7.66. The summed E-state index contributed by atoms with van der Waals surface area (Å²) >= 11 is 0. The van der Waals surface area contributed by atoms with E-state index in [1.165, 1.54) is 5.57 Å². The van der Waals surface area contributed by atoms with Gasteiger partial charge in [-0.1, -0.05) is 79.2 Å². The van der Waals surface area contributed by atoms with E-state index in [0.717, 1.165) is 5.57 Å². The first kappa shape index (κ1) is 30.6. The van der Waals surface area contributed by atoms with Crippen molar-refractivity contribution in [3.63, 3.8) is 0 Å². The lowest BCUT2D eigenvalue weighted by molar-refractivity contribution is -0.150. The van der Waals surface area contributed by atoms with Crippen molar-refractivity contribution in [3.05, 3.63) is 36.0 Å². The average Bonchev–Trinajstić information content (AvgIpc) is 2.71. The summed E-state index contributed by atoms with van der Waals surface area (Å²) < 4.78 is 12.5. The first-order chi connectivity index (χ1) is 15.3. The normalized spacial score (nSPS) is 21.0. The van der Waals surface area contributed by atoms with Gasteiger partial charge in [0.2, 0.25) is 0 Å². The van der Waals surface area contributed by atoms with Gasteiger partial charge in [0.15, 0.2) is 8.32 Å². The molecule has 0 fully saturated rings. The molecule has 0 aromatic heterocycles. The highest BCUT2D eigenvalue weighted by atomic mass is 28.4. The number of carbonyl (C=O) groups is 2. The van der Waals surface area contributed by atoms with Crippen LogP contribution in [0.5, 0.6) is 0 Å². The number of hydrogen-bond acceptors (Lipinski definition) is 4. The second kappa shape index (κ2) is 11.5. The first-order valence-electron chi connectivity index (χ1n) is 12.7. The van der Waals surface area contributed by atoms with Crippen LogP contribution in [0.25, 0.3) is 0 Å². The van der Waals surface area contributed by atoms with Gasteiger partial charge in [0, 0.05) is 24.2 Å². The van der Waals surface area contributed by atoms with Gasteiger partial charge in [-0.25, -0.2) is 0 Å². The molecule has 0 bridgehead atoms. The van der Waals surface area contributed by atoms with E-state index in [9.17, 15) is 9.59 Å². The Balaban J connectivity index is 2.97. The number of rotatable bonds is 11. The van der Waals surface area contributed by atoms with E-state index in [4.69, 9.17) is 9.16 Å². The maximum Gasteiger partial charge on any atom is 0.306 e. The minimum Gasteiger partial charge on any atom is -0.457 e. The highest BCUT2D eigenvalue weighted by Gasteiger charge is 2.45. The van der Waals surface area contributed by atoms with Gasteiger partial charge in [-0.3, -0.25) is 9.59 Å². The third kappa shape index (κ3) is 7.52. The second-order valence-corrected chi connectivity index (χ2v) is 17.2. The summed E-state index contributed by atoms with van der Waals surface area (Å²) in [4.78, 5) is 26.6. The molecule has 4 nitrogen and oxygen atoms in total.